The molecule has 0 spiro atoms. The van der Waals surface area contributed by atoms with Gasteiger partial charge in [-0.3, -0.25) is 0 Å². The number of ether oxygens (including phenoxy) is 1. The standard InChI is InChI=1S/C10H7ClF3NO/c11-9-6-8(16-10(12,13)14)4-3-7(9)2-1-5-15/h3-4,6H,5,15H2. The van der Waals surface area contributed by atoms with Crippen molar-refractivity contribution in [1.82, 2.24) is 0 Å². The maximum absolute atomic E-state index is 11.9. The Morgan fingerprint density at radius 3 is 2.56 bits per heavy atom. The topological polar surface area (TPSA) is 35.2 Å². The summed E-state index contributed by atoms with van der Waals surface area (Å²) in [5.41, 5.74) is 5.55. The predicted molar refractivity (Wildman–Crippen MR) is 54.1 cm³/mol. The van der Waals surface area contributed by atoms with E-state index in [2.05, 4.69) is 16.6 Å². The first-order valence-electron chi connectivity index (χ1n) is 4.16. The van der Waals surface area contributed by atoms with Gasteiger partial charge >= 0.3 is 6.36 Å². The highest BCUT2D eigenvalue weighted by atomic mass is 35.5. The van der Waals surface area contributed by atoms with Gasteiger partial charge in [-0.05, 0) is 12.1 Å². The summed E-state index contributed by atoms with van der Waals surface area (Å²) < 4.78 is 39.3. The summed E-state index contributed by atoms with van der Waals surface area (Å²) >= 11 is 5.70. The zero-order valence-corrected chi connectivity index (χ0v) is 8.69. The van der Waals surface area contributed by atoms with Crippen molar-refractivity contribution in [3.63, 3.8) is 0 Å². The second kappa shape index (κ2) is 5.10. The van der Waals surface area contributed by atoms with Crippen molar-refractivity contribution >= 4 is 11.6 Å². The van der Waals surface area contributed by atoms with E-state index in [0.29, 0.717) is 5.56 Å². The van der Waals surface area contributed by atoms with Gasteiger partial charge < -0.3 is 10.5 Å². The number of nitrogens with two attached hydrogens (primary N) is 1. The van der Waals surface area contributed by atoms with Gasteiger partial charge in [-0.2, -0.15) is 0 Å². The molecule has 0 aromatic heterocycles. The number of benzene rings is 1. The smallest absolute Gasteiger partial charge is 0.406 e. The number of rotatable bonds is 1. The molecule has 0 bridgehead atoms. The van der Waals surface area contributed by atoms with Crippen LogP contribution in [0.2, 0.25) is 5.02 Å². The van der Waals surface area contributed by atoms with Gasteiger partial charge in [0.1, 0.15) is 5.75 Å². The molecular formula is C10H7ClF3NO. The molecular weight excluding hydrogens is 243 g/mol. The van der Waals surface area contributed by atoms with Crippen LogP contribution in [0.4, 0.5) is 13.2 Å². The third kappa shape index (κ3) is 4.01. The molecule has 0 amide bonds. The van der Waals surface area contributed by atoms with Gasteiger partial charge in [0.2, 0.25) is 0 Å². The van der Waals surface area contributed by atoms with Crippen LogP contribution in [0.1, 0.15) is 5.56 Å². The van der Waals surface area contributed by atoms with Crippen molar-refractivity contribution in [2.75, 3.05) is 6.54 Å². The van der Waals surface area contributed by atoms with Crippen LogP contribution >= 0.6 is 11.6 Å². The fraction of sp³-hybridized carbons (Fsp3) is 0.200. The van der Waals surface area contributed by atoms with Crippen LogP contribution in [0.5, 0.6) is 5.75 Å². The fourth-order valence-electron chi connectivity index (χ4n) is 0.941. The SMILES string of the molecule is NCC#Cc1ccc(OC(F)(F)F)cc1Cl. The minimum absolute atomic E-state index is 0.0858. The minimum Gasteiger partial charge on any atom is -0.406 e. The summed E-state index contributed by atoms with van der Waals surface area (Å²) in [6.07, 6.45) is -4.73. The van der Waals surface area contributed by atoms with Gasteiger partial charge in [0.05, 0.1) is 11.6 Å². The summed E-state index contributed by atoms with van der Waals surface area (Å²) in [5.74, 6) is 4.78. The molecule has 0 saturated carbocycles. The van der Waals surface area contributed by atoms with E-state index in [0.717, 1.165) is 12.1 Å². The third-order valence-corrected chi connectivity index (χ3v) is 1.81. The Hall–Kier alpha value is -1.38. The zero-order chi connectivity index (χ0) is 12.2. The molecule has 0 aliphatic heterocycles. The lowest BCUT2D eigenvalue weighted by molar-refractivity contribution is -0.274. The zero-order valence-electron chi connectivity index (χ0n) is 7.94. The monoisotopic (exact) mass is 249 g/mol. The van der Waals surface area contributed by atoms with Crippen molar-refractivity contribution in [2.45, 2.75) is 6.36 Å². The van der Waals surface area contributed by atoms with Gasteiger partial charge in [0.25, 0.3) is 0 Å². The molecule has 16 heavy (non-hydrogen) atoms. The predicted octanol–water partition coefficient (Wildman–Crippen LogP) is 2.55. The maximum atomic E-state index is 11.9. The number of hydrogen-bond donors (Lipinski definition) is 1. The lowest BCUT2D eigenvalue weighted by Gasteiger charge is -2.09. The molecule has 0 aliphatic rings. The molecule has 0 saturated heterocycles. The van der Waals surface area contributed by atoms with Crippen molar-refractivity contribution < 1.29 is 17.9 Å². The summed E-state index contributed by atoms with van der Waals surface area (Å²) in [6, 6.07) is 3.53. The molecule has 1 aromatic rings. The van der Waals surface area contributed by atoms with E-state index in [1.165, 1.54) is 6.07 Å². The molecule has 0 radical (unpaired) electrons. The summed E-state index contributed by atoms with van der Waals surface area (Å²) in [4.78, 5) is 0. The third-order valence-electron chi connectivity index (χ3n) is 1.50. The lowest BCUT2D eigenvalue weighted by atomic mass is 10.2. The number of halogens is 4. The van der Waals surface area contributed by atoms with Crippen LogP contribution in [0.25, 0.3) is 0 Å². The van der Waals surface area contributed by atoms with E-state index in [-0.39, 0.29) is 17.3 Å². The van der Waals surface area contributed by atoms with Crippen molar-refractivity contribution in [3.05, 3.63) is 28.8 Å². The van der Waals surface area contributed by atoms with E-state index >= 15 is 0 Å². The van der Waals surface area contributed by atoms with Crippen LogP contribution in [0.3, 0.4) is 0 Å². The van der Waals surface area contributed by atoms with Crippen LogP contribution in [-0.4, -0.2) is 12.9 Å². The van der Waals surface area contributed by atoms with Crippen LogP contribution in [-0.2, 0) is 0 Å². The molecule has 0 aliphatic carbocycles. The number of alkyl halides is 3. The largest absolute Gasteiger partial charge is 0.573 e. The molecule has 86 valence electrons. The minimum atomic E-state index is -4.73. The van der Waals surface area contributed by atoms with E-state index in [4.69, 9.17) is 17.3 Å². The van der Waals surface area contributed by atoms with Crippen molar-refractivity contribution in [2.24, 2.45) is 5.73 Å². The van der Waals surface area contributed by atoms with E-state index in [9.17, 15) is 13.2 Å². The normalized spacial score (nSPS) is 10.6. The quantitative estimate of drug-likeness (QED) is 0.777. The average Bonchev–Trinajstić information content (AvgIpc) is 2.14. The van der Waals surface area contributed by atoms with E-state index < -0.39 is 6.36 Å². The Kier molecular flexibility index (Phi) is 4.05. The van der Waals surface area contributed by atoms with Gasteiger partial charge in [-0.1, -0.05) is 23.4 Å². The first-order valence-corrected chi connectivity index (χ1v) is 4.54. The summed E-state index contributed by atoms with van der Waals surface area (Å²) in [6.45, 7) is 0.150. The van der Waals surface area contributed by atoms with Gasteiger partial charge in [-0.25, -0.2) is 0 Å². The molecule has 0 fully saturated rings. The van der Waals surface area contributed by atoms with Crippen molar-refractivity contribution in [1.29, 1.82) is 0 Å². The highest BCUT2D eigenvalue weighted by Crippen LogP contribution is 2.27. The molecule has 6 heteroatoms. The first kappa shape index (κ1) is 12.7. The Bertz CT molecular complexity index is 434. The average molecular weight is 250 g/mol. The molecule has 0 unspecified atom stereocenters. The Morgan fingerprint density at radius 1 is 1.38 bits per heavy atom. The molecule has 0 atom stereocenters. The highest BCUT2D eigenvalue weighted by molar-refractivity contribution is 6.31. The van der Waals surface area contributed by atoms with Gasteiger partial charge in [0.15, 0.2) is 0 Å². The van der Waals surface area contributed by atoms with Crippen LogP contribution < -0.4 is 10.5 Å². The van der Waals surface area contributed by atoms with E-state index in [1.807, 2.05) is 0 Å². The fourth-order valence-corrected chi connectivity index (χ4v) is 1.16. The lowest BCUT2D eigenvalue weighted by Crippen LogP contribution is -2.17. The van der Waals surface area contributed by atoms with Crippen LogP contribution in [0, 0.1) is 11.8 Å². The second-order valence-corrected chi connectivity index (χ2v) is 3.10. The Morgan fingerprint density at radius 2 is 2.06 bits per heavy atom. The van der Waals surface area contributed by atoms with E-state index in [1.54, 1.807) is 0 Å². The Labute approximate surface area is 95.1 Å². The Balaban J connectivity index is 2.91. The first-order chi connectivity index (χ1) is 7.42. The maximum Gasteiger partial charge on any atom is 0.573 e. The molecule has 1 rings (SSSR count). The molecule has 0 heterocycles. The molecule has 2 nitrogen and oxygen atoms in total. The summed E-state index contributed by atoms with van der Waals surface area (Å²) in [7, 11) is 0. The second-order valence-electron chi connectivity index (χ2n) is 2.70. The van der Waals surface area contributed by atoms with Crippen LogP contribution in [0.15, 0.2) is 18.2 Å². The van der Waals surface area contributed by atoms with Gasteiger partial charge in [-0.15, -0.1) is 13.2 Å². The summed E-state index contributed by atoms with van der Waals surface area (Å²) in [5, 5.41) is 0.0858. The van der Waals surface area contributed by atoms with Crippen molar-refractivity contribution in [3.8, 4) is 17.6 Å². The molecule has 1 aromatic carbocycles. The highest BCUT2D eigenvalue weighted by Gasteiger charge is 2.31. The van der Waals surface area contributed by atoms with Gasteiger partial charge in [0, 0.05) is 11.6 Å². The molecule has 2 N–H and O–H groups in total. The number of hydrogen-bond acceptors (Lipinski definition) is 2.